The predicted octanol–water partition coefficient (Wildman–Crippen LogP) is 2.06. The summed E-state index contributed by atoms with van der Waals surface area (Å²) in [4.78, 5) is 14.9. The molecule has 2 aromatic rings. The number of unbranched alkanes of at least 4 members (excludes halogenated alkanes) is 2. The topological polar surface area (TPSA) is 84.1 Å². The fraction of sp³-hybridized carbons (Fsp3) is 0.529. The Balaban J connectivity index is 1.38. The summed E-state index contributed by atoms with van der Waals surface area (Å²) in [5.74, 6) is -0.0373. The zero-order valence-corrected chi connectivity index (χ0v) is 13.7. The van der Waals surface area contributed by atoms with Crippen LogP contribution in [0, 0.1) is 0 Å². The smallest absolute Gasteiger partial charge is 0.320 e. The van der Waals surface area contributed by atoms with Gasteiger partial charge in [-0.1, -0.05) is 36.8 Å². The molecule has 1 saturated heterocycles. The van der Waals surface area contributed by atoms with Crippen LogP contribution in [0.4, 0.5) is 0 Å². The minimum Gasteiger partial charge on any atom is -0.480 e. The molecule has 0 spiro atoms. The first kappa shape index (κ1) is 16.6. The van der Waals surface area contributed by atoms with Crippen LogP contribution in [0.1, 0.15) is 32.1 Å². The van der Waals surface area contributed by atoms with E-state index >= 15 is 0 Å². The number of rotatable bonds is 8. The third-order valence-corrected chi connectivity index (χ3v) is 4.44. The second kappa shape index (κ2) is 8.01. The lowest BCUT2D eigenvalue weighted by atomic mass is 10.2. The summed E-state index contributed by atoms with van der Waals surface area (Å²) in [6.07, 6.45) is 4.77. The first-order valence-corrected chi connectivity index (χ1v) is 8.54. The molecule has 1 fully saturated rings. The minimum absolute atomic E-state index is 0.282. The van der Waals surface area contributed by atoms with E-state index in [1.807, 2.05) is 30.3 Å². The highest BCUT2D eigenvalue weighted by Gasteiger charge is 2.29. The Morgan fingerprint density at radius 1 is 1.17 bits per heavy atom. The van der Waals surface area contributed by atoms with E-state index in [9.17, 15) is 4.79 Å². The van der Waals surface area contributed by atoms with Crippen LogP contribution in [0.15, 0.2) is 30.3 Å². The molecule has 128 valence electrons. The Labute approximate surface area is 141 Å². The highest BCUT2D eigenvalue weighted by atomic mass is 16.4. The van der Waals surface area contributed by atoms with Crippen LogP contribution in [0.25, 0.3) is 11.4 Å². The van der Waals surface area contributed by atoms with Gasteiger partial charge in [0.2, 0.25) is 5.82 Å². The normalized spacial score (nSPS) is 18.1. The van der Waals surface area contributed by atoms with Crippen molar-refractivity contribution in [3.05, 3.63) is 30.3 Å². The van der Waals surface area contributed by atoms with Crippen molar-refractivity contribution < 1.29 is 9.90 Å². The lowest BCUT2D eigenvalue weighted by Gasteiger charge is -2.20. The van der Waals surface area contributed by atoms with Gasteiger partial charge in [-0.2, -0.15) is 4.80 Å². The molecule has 1 aliphatic rings. The first-order chi connectivity index (χ1) is 11.7. The zero-order valence-electron chi connectivity index (χ0n) is 13.7. The molecule has 1 aliphatic heterocycles. The van der Waals surface area contributed by atoms with E-state index in [1.165, 1.54) is 0 Å². The lowest BCUT2D eigenvalue weighted by Crippen LogP contribution is -2.36. The van der Waals surface area contributed by atoms with Crippen LogP contribution < -0.4 is 0 Å². The van der Waals surface area contributed by atoms with Gasteiger partial charge in [0.15, 0.2) is 0 Å². The van der Waals surface area contributed by atoms with Gasteiger partial charge in [-0.05, 0) is 44.0 Å². The van der Waals surface area contributed by atoms with E-state index in [1.54, 1.807) is 4.80 Å². The Kier molecular flexibility index (Phi) is 5.53. The van der Waals surface area contributed by atoms with Gasteiger partial charge < -0.3 is 5.11 Å². The number of benzene rings is 1. The third-order valence-electron chi connectivity index (χ3n) is 4.44. The molecule has 1 aromatic heterocycles. The number of tetrazole rings is 1. The van der Waals surface area contributed by atoms with Crippen molar-refractivity contribution in [2.45, 2.75) is 44.7 Å². The van der Waals surface area contributed by atoms with Crippen molar-refractivity contribution in [2.24, 2.45) is 0 Å². The summed E-state index contributed by atoms with van der Waals surface area (Å²) < 4.78 is 0. The molecule has 1 aromatic carbocycles. The summed E-state index contributed by atoms with van der Waals surface area (Å²) in [5, 5.41) is 21.7. The third kappa shape index (κ3) is 4.17. The first-order valence-electron chi connectivity index (χ1n) is 8.54. The van der Waals surface area contributed by atoms with Crippen molar-refractivity contribution in [3.8, 4) is 11.4 Å². The SMILES string of the molecule is O=C(O)[C@@H]1CCCN1CCCCCn1nnc(-c2ccccc2)n1. The van der Waals surface area contributed by atoms with Gasteiger partial charge >= 0.3 is 5.97 Å². The molecule has 0 aliphatic carbocycles. The molecular formula is C17H23N5O2. The van der Waals surface area contributed by atoms with E-state index in [2.05, 4.69) is 20.3 Å². The number of nitrogens with zero attached hydrogens (tertiary/aromatic N) is 5. The summed E-state index contributed by atoms with van der Waals surface area (Å²) in [6, 6.07) is 9.53. The van der Waals surface area contributed by atoms with Crippen molar-refractivity contribution in [1.82, 2.24) is 25.1 Å². The number of hydrogen-bond acceptors (Lipinski definition) is 5. The van der Waals surface area contributed by atoms with Gasteiger partial charge in [0.05, 0.1) is 6.54 Å². The van der Waals surface area contributed by atoms with Crippen LogP contribution in [0.3, 0.4) is 0 Å². The van der Waals surface area contributed by atoms with Gasteiger partial charge in [-0.3, -0.25) is 9.69 Å². The van der Waals surface area contributed by atoms with Gasteiger partial charge in [0.1, 0.15) is 6.04 Å². The Morgan fingerprint density at radius 2 is 1.96 bits per heavy atom. The molecule has 2 heterocycles. The molecule has 1 atom stereocenters. The quantitative estimate of drug-likeness (QED) is 0.746. The van der Waals surface area contributed by atoms with Crippen LogP contribution in [-0.2, 0) is 11.3 Å². The zero-order chi connectivity index (χ0) is 16.8. The number of aryl methyl sites for hydroxylation is 1. The number of carbonyl (C=O) groups is 1. The molecule has 1 N–H and O–H groups in total. The van der Waals surface area contributed by atoms with Gasteiger partial charge in [-0.15, -0.1) is 10.2 Å². The molecule has 7 nitrogen and oxygen atoms in total. The molecule has 0 saturated carbocycles. The highest BCUT2D eigenvalue weighted by molar-refractivity contribution is 5.73. The molecular weight excluding hydrogens is 306 g/mol. The highest BCUT2D eigenvalue weighted by Crippen LogP contribution is 2.18. The van der Waals surface area contributed by atoms with Crippen LogP contribution >= 0.6 is 0 Å². The number of aromatic nitrogens is 4. The maximum Gasteiger partial charge on any atom is 0.320 e. The van der Waals surface area contributed by atoms with Crippen LogP contribution in [0.5, 0.6) is 0 Å². The van der Waals surface area contributed by atoms with Gasteiger partial charge in [0.25, 0.3) is 0 Å². The molecule has 7 heteroatoms. The maximum absolute atomic E-state index is 11.1. The van der Waals surface area contributed by atoms with Gasteiger partial charge in [-0.25, -0.2) is 0 Å². The number of carboxylic acids is 1. The van der Waals surface area contributed by atoms with Crippen molar-refractivity contribution >= 4 is 5.97 Å². The standard InChI is InChI=1S/C17H23N5O2/c23-17(24)15-10-7-12-21(15)11-5-2-6-13-22-19-16(18-20-22)14-8-3-1-4-9-14/h1,3-4,8-9,15H,2,5-7,10-13H2,(H,23,24)/t15-/m0/s1. The largest absolute Gasteiger partial charge is 0.480 e. The second-order valence-electron chi connectivity index (χ2n) is 6.17. The summed E-state index contributed by atoms with van der Waals surface area (Å²) in [6.45, 7) is 2.50. The molecule has 24 heavy (non-hydrogen) atoms. The summed E-state index contributed by atoms with van der Waals surface area (Å²) in [5.41, 5.74) is 0.970. The number of aliphatic carboxylic acids is 1. The van der Waals surface area contributed by atoms with E-state index in [0.717, 1.165) is 57.3 Å². The van der Waals surface area contributed by atoms with E-state index in [4.69, 9.17) is 5.11 Å². The predicted molar refractivity (Wildman–Crippen MR) is 89.3 cm³/mol. The molecule has 3 rings (SSSR count). The number of likely N-dealkylation sites (tertiary alicyclic amines) is 1. The average molecular weight is 329 g/mol. The summed E-state index contributed by atoms with van der Waals surface area (Å²) >= 11 is 0. The summed E-state index contributed by atoms with van der Waals surface area (Å²) in [7, 11) is 0. The fourth-order valence-electron chi connectivity index (χ4n) is 3.16. The van der Waals surface area contributed by atoms with Crippen molar-refractivity contribution in [1.29, 1.82) is 0 Å². The monoisotopic (exact) mass is 329 g/mol. The Hall–Kier alpha value is -2.28. The molecule has 0 bridgehead atoms. The molecule has 0 amide bonds. The lowest BCUT2D eigenvalue weighted by molar-refractivity contribution is -0.142. The second-order valence-corrected chi connectivity index (χ2v) is 6.17. The van der Waals surface area contributed by atoms with E-state index in [-0.39, 0.29) is 6.04 Å². The molecule has 0 unspecified atom stereocenters. The van der Waals surface area contributed by atoms with Crippen LogP contribution in [-0.4, -0.2) is 55.3 Å². The van der Waals surface area contributed by atoms with E-state index < -0.39 is 5.97 Å². The Bertz CT molecular complexity index is 658. The Morgan fingerprint density at radius 3 is 2.75 bits per heavy atom. The fourth-order valence-corrected chi connectivity index (χ4v) is 3.16. The van der Waals surface area contributed by atoms with Crippen molar-refractivity contribution in [3.63, 3.8) is 0 Å². The van der Waals surface area contributed by atoms with Crippen LogP contribution in [0.2, 0.25) is 0 Å². The van der Waals surface area contributed by atoms with Crippen molar-refractivity contribution in [2.75, 3.05) is 13.1 Å². The van der Waals surface area contributed by atoms with E-state index in [0.29, 0.717) is 5.82 Å². The number of carboxylic acid groups (broad SMARTS) is 1. The molecule has 0 radical (unpaired) electrons. The number of hydrogen-bond donors (Lipinski definition) is 1. The average Bonchev–Trinajstić information content (AvgIpc) is 3.24. The minimum atomic E-state index is -0.687. The van der Waals surface area contributed by atoms with Gasteiger partial charge in [0, 0.05) is 5.56 Å². The maximum atomic E-state index is 11.1.